The van der Waals surface area contributed by atoms with Crippen LogP contribution in [0.15, 0.2) is 35.9 Å². The van der Waals surface area contributed by atoms with Gasteiger partial charge in [0.1, 0.15) is 0 Å². The Morgan fingerprint density at radius 2 is 0.620 bits per heavy atom. The maximum absolute atomic E-state index is 11.7. The molecule has 0 atom stereocenters. The van der Waals surface area contributed by atoms with Gasteiger partial charge in [0.25, 0.3) is 0 Å². The summed E-state index contributed by atoms with van der Waals surface area (Å²) in [6.07, 6.45) is 58.6. The molecule has 3 heteroatoms. The number of aryl methyl sites for hydroxylation is 4. The number of nitrogens with zero attached hydrogens (tertiary/aromatic N) is 2. The molecule has 0 bridgehead atoms. The Labute approximate surface area is 450 Å². The quantitative estimate of drug-likeness (QED) is 0.0359. The topological polar surface area (TPSA) is 25.3 Å². The van der Waals surface area contributed by atoms with Gasteiger partial charge in [-0.25, -0.2) is 4.70 Å². The Bertz CT molecular complexity index is 1610. The average Bonchev–Trinajstić information content (AvgIpc) is 3.73. The van der Waals surface area contributed by atoms with Crippen molar-refractivity contribution in [3.63, 3.8) is 0 Å². The monoisotopic (exact) mass is 1020 g/mol. The van der Waals surface area contributed by atoms with Gasteiger partial charge in [0.05, 0.1) is 0 Å². The van der Waals surface area contributed by atoms with Crippen LogP contribution < -0.4 is 0 Å². The first-order valence-electron chi connectivity index (χ1n) is 31.6. The number of hydrogen-bond donors (Lipinski definition) is 0. The van der Waals surface area contributed by atoms with Crippen LogP contribution >= 0.6 is 0 Å². The van der Waals surface area contributed by atoms with E-state index in [1.807, 2.05) is 14.4 Å². The van der Waals surface area contributed by atoms with Crippen LogP contribution in [0.4, 0.5) is 0 Å². The predicted octanol–water partition coefficient (Wildman–Crippen LogP) is 23.5. The fraction of sp³-hybridized carbons (Fsp3) is 0.765. The van der Waals surface area contributed by atoms with E-state index in [4.69, 9.17) is 0 Å². The van der Waals surface area contributed by atoms with Crippen LogP contribution in [-0.2, 0) is 53.0 Å². The van der Waals surface area contributed by atoms with Gasteiger partial charge >= 0.3 is 166 Å². The molecule has 0 aliphatic carbocycles. The first-order chi connectivity index (χ1) is 34.9. The third kappa shape index (κ3) is 27.4. The zero-order valence-corrected chi connectivity index (χ0v) is 50.0. The minimum atomic E-state index is 0.929. The third-order valence-electron chi connectivity index (χ3n) is 15.7. The van der Waals surface area contributed by atoms with Gasteiger partial charge in [0, 0.05) is 22.8 Å². The molecule has 0 aromatic heterocycles. The summed E-state index contributed by atoms with van der Waals surface area (Å²) in [6, 6.07) is 9.32. The van der Waals surface area contributed by atoms with Gasteiger partial charge in [-0.05, 0) is 109 Å². The molecular weight excluding hydrogens is 903 g/mol. The van der Waals surface area contributed by atoms with E-state index in [2.05, 4.69) is 92.7 Å². The van der Waals surface area contributed by atoms with E-state index in [0.717, 1.165) is 73.9 Å². The molecule has 0 saturated carbocycles. The zero-order valence-electron chi connectivity index (χ0n) is 49.0. The SMILES string of the molecule is CCCCCCC1=C(c2cc(CC)c(CC)c(CC)c2)[N+](=[N-])C(c2cc(CC)c(CC)c(CC)c2)=C1.CCCCCCCCCCCCCCCC[CH2][Ni][CH2]CCCCCCCCCCCCCCCC. The Kier molecular flexibility index (Phi) is 40.7. The molecule has 0 spiro atoms. The molecule has 410 valence electrons. The van der Waals surface area contributed by atoms with E-state index in [9.17, 15) is 5.53 Å². The Balaban J connectivity index is 0.000000487. The molecule has 2 aromatic carbocycles. The normalized spacial score (nSPS) is 12.6. The molecule has 0 fully saturated rings. The summed E-state index contributed by atoms with van der Waals surface area (Å²) in [6.45, 7) is 20.4. The molecule has 0 radical (unpaired) electrons. The number of rotatable bonds is 45. The van der Waals surface area contributed by atoms with Crippen LogP contribution in [0.1, 0.15) is 332 Å². The second-order valence-corrected chi connectivity index (χ2v) is 23.0. The van der Waals surface area contributed by atoms with Gasteiger partial charge in [0.2, 0.25) is 11.4 Å². The molecule has 3 rings (SSSR count). The molecule has 0 N–H and O–H groups in total. The molecule has 2 aromatic rings. The van der Waals surface area contributed by atoms with Crippen molar-refractivity contribution in [1.82, 2.24) is 0 Å². The first kappa shape index (κ1) is 65.1. The van der Waals surface area contributed by atoms with E-state index in [0.29, 0.717) is 0 Å². The summed E-state index contributed by atoms with van der Waals surface area (Å²) in [5, 5.41) is 2.87. The van der Waals surface area contributed by atoms with Crippen molar-refractivity contribution < 1.29 is 19.1 Å². The Morgan fingerprint density at radius 1 is 0.338 bits per heavy atom. The van der Waals surface area contributed by atoms with Crippen molar-refractivity contribution in [3.05, 3.63) is 86.0 Å². The molecule has 2 nitrogen and oxygen atoms in total. The zero-order chi connectivity index (χ0) is 51.6. The molecule has 1 heterocycles. The predicted molar refractivity (Wildman–Crippen MR) is 316 cm³/mol. The van der Waals surface area contributed by atoms with Gasteiger partial charge in [-0.1, -0.05) is 133 Å². The molecule has 0 amide bonds. The van der Waals surface area contributed by atoms with Crippen LogP contribution in [0.3, 0.4) is 0 Å². The summed E-state index contributed by atoms with van der Waals surface area (Å²) in [5.74, 6) is 0. The summed E-state index contributed by atoms with van der Waals surface area (Å²) >= 11 is 2.04. The van der Waals surface area contributed by atoms with E-state index in [1.165, 1.54) is 266 Å². The Hall–Kier alpha value is -1.99. The molecule has 0 saturated heterocycles. The second kappa shape index (κ2) is 44.3. The summed E-state index contributed by atoms with van der Waals surface area (Å²) < 4.78 is 1.51. The van der Waals surface area contributed by atoms with Gasteiger partial charge in [-0.3, -0.25) is 0 Å². The molecular formula is C68H118N2Ni. The van der Waals surface area contributed by atoms with E-state index >= 15 is 0 Å². The van der Waals surface area contributed by atoms with Crippen LogP contribution in [0.5, 0.6) is 0 Å². The van der Waals surface area contributed by atoms with E-state index < -0.39 is 0 Å². The van der Waals surface area contributed by atoms with Gasteiger partial charge in [-0.15, -0.1) is 0 Å². The smallest absolute Gasteiger partial charge is 0.0654 e. The minimum absolute atomic E-state index is 0.929. The van der Waals surface area contributed by atoms with Gasteiger partial charge in [-0.2, -0.15) is 0 Å². The van der Waals surface area contributed by atoms with Crippen molar-refractivity contribution in [3.8, 4) is 0 Å². The van der Waals surface area contributed by atoms with Crippen molar-refractivity contribution in [2.24, 2.45) is 0 Å². The van der Waals surface area contributed by atoms with Gasteiger partial charge in [0.15, 0.2) is 0 Å². The molecule has 0 unspecified atom stereocenters. The molecule has 1 aliphatic rings. The summed E-state index contributed by atoms with van der Waals surface area (Å²) in [7, 11) is 0. The minimum Gasteiger partial charge on any atom is -0.0654 e. The van der Waals surface area contributed by atoms with Crippen molar-refractivity contribution in [2.75, 3.05) is 0 Å². The standard InChI is InChI=1S/C34H48N2.2C17H35.Ni/c1-8-15-16-17-18-28-23-33(29-19-24(9-2)31(13-6)25(10-3)20-29)36(35)34(28)30-21-26(11-4)32(14-7)27(12-5)22-30;2*1-3-5-7-9-11-13-15-17-16-14-12-10-8-6-4-2;/h19-23H,8-18H2,1-7H3;2*1,3-17H2,2H3;. The van der Waals surface area contributed by atoms with Crippen molar-refractivity contribution >= 4 is 11.4 Å². The van der Waals surface area contributed by atoms with Crippen LogP contribution in [0, 0.1) is 0 Å². The first-order valence-corrected chi connectivity index (χ1v) is 33.0. The number of hydrogen-bond acceptors (Lipinski definition) is 0. The van der Waals surface area contributed by atoms with Gasteiger partial charge < -0.3 is 5.53 Å². The van der Waals surface area contributed by atoms with Crippen molar-refractivity contribution in [2.45, 2.75) is 336 Å². The number of benzene rings is 2. The fourth-order valence-electron chi connectivity index (χ4n) is 11.2. The average molecular weight is 1020 g/mol. The maximum atomic E-state index is 11.7. The van der Waals surface area contributed by atoms with Crippen LogP contribution in [0.25, 0.3) is 16.9 Å². The summed E-state index contributed by atoms with van der Waals surface area (Å²) in [4.78, 5) is 0. The third-order valence-corrected chi connectivity index (χ3v) is 17.1. The van der Waals surface area contributed by atoms with Crippen LogP contribution in [-0.4, -0.2) is 4.70 Å². The van der Waals surface area contributed by atoms with Crippen molar-refractivity contribution in [1.29, 1.82) is 0 Å². The summed E-state index contributed by atoms with van der Waals surface area (Å²) in [5.41, 5.74) is 25.9. The number of unbranched alkanes of at least 4 members (excludes halogenated alkanes) is 31. The Morgan fingerprint density at radius 3 is 0.915 bits per heavy atom. The number of allylic oxidation sites excluding steroid dienone is 2. The van der Waals surface area contributed by atoms with E-state index in [1.54, 1.807) is 0 Å². The van der Waals surface area contributed by atoms with E-state index in [-0.39, 0.29) is 0 Å². The fourth-order valence-corrected chi connectivity index (χ4v) is 12.4. The molecule has 71 heavy (non-hydrogen) atoms. The molecule has 1 aliphatic heterocycles. The second-order valence-electron chi connectivity index (χ2n) is 21.6. The van der Waals surface area contributed by atoms with Crippen LogP contribution in [0.2, 0.25) is 10.8 Å².